The van der Waals surface area contributed by atoms with Crippen molar-refractivity contribution in [3.8, 4) is 11.5 Å². The number of ketones is 1. The number of rotatable bonds is 10. The van der Waals surface area contributed by atoms with Crippen molar-refractivity contribution < 1.29 is 28.6 Å². The van der Waals surface area contributed by atoms with Gasteiger partial charge in [0.1, 0.15) is 6.61 Å². The van der Waals surface area contributed by atoms with Crippen molar-refractivity contribution in [1.29, 1.82) is 0 Å². The van der Waals surface area contributed by atoms with Gasteiger partial charge in [-0.25, -0.2) is 4.79 Å². The molecular weight excluding hydrogens is 422 g/mol. The van der Waals surface area contributed by atoms with E-state index < -0.39 is 11.9 Å². The van der Waals surface area contributed by atoms with Crippen molar-refractivity contribution in [3.63, 3.8) is 0 Å². The second kappa shape index (κ2) is 10.9. The van der Waals surface area contributed by atoms with Gasteiger partial charge in [-0.15, -0.1) is 0 Å². The van der Waals surface area contributed by atoms with Crippen molar-refractivity contribution in [2.75, 3.05) is 13.2 Å². The number of benzene rings is 3. The van der Waals surface area contributed by atoms with Crippen molar-refractivity contribution in [2.45, 2.75) is 20.5 Å². The third-order valence-electron chi connectivity index (χ3n) is 4.81. The fraction of sp³-hybridized carbons (Fsp3) is 0.192. The lowest BCUT2D eigenvalue weighted by Gasteiger charge is -2.13. The molecule has 170 valence electrons. The molecule has 33 heavy (non-hydrogen) atoms. The first-order valence-corrected chi connectivity index (χ1v) is 10.5. The molecule has 0 unspecified atom stereocenters. The van der Waals surface area contributed by atoms with Crippen LogP contribution < -0.4 is 15.2 Å². The van der Waals surface area contributed by atoms with Crippen LogP contribution in [0.5, 0.6) is 11.5 Å². The highest BCUT2D eigenvalue weighted by atomic mass is 16.5. The van der Waals surface area contributed by atoms with Gasteiger partial charge < -0.3 is 19.9 Å². The molecule has 0 spiro atoms. The number of esters is 1. The Morgan fingerprint density at radius 3 is 2.00 bits per heavy atom. The summed E-state index contributed by atoms with van der Waals surface area (Å²) in [6.45, 7) is 4.58. The maximum Gasteiger partial charge on any atom is 0.339 e. The minimum absolute atomic E-state index is 0.0159. The lowest BCUT2D eigenvalue weighted by atomic mass is 9.98. The Morgan fingerprint density at radius 2 is 1.36 bits per heavy atom. The van der Waals surface area contributed by atoms with E-state index in [4.69, 9.17) is 19.9 Å². The van der Waals surface area contributed by atoms with E-state index in [9.17, 15) is 14.4 Å². The highest BCUT2D eigenvalue weighted by Gasteiger charge is 2.20. The zero-order valence-corrected chi connectivity index (χ0v) is 18.5. The van der Waals surface area contributed by atoms with Crippen molar-refractivity contribution in [2.24, 2.45) is 5.73 Å². The Kier molecular flexibility index (Phi) is 7.81. The molecule has 0 saturated carbocycles. The molecular formula is C26H25NO6. The van der Waals surface area contributed by atoms with Crippen LogP contribution in [-0.2, 0) is 11.3 Å². The molecule has 0 bridgehead atoms. The number of carbonyl (C=O) groups excluding carboxylic acids is 3. The van der Waals surface area contributed by atoms with E-state index in [1.165, 1.54) is 0 Å². The standard InChI is InChI=1S/C26H25NO6/c1-3-31-22-14-13-19(15-23(22)32-4-2)24(28)20-7-5-6-8-21(20)26(30)33-16-17-9-11-18(12-10-17)25(27)29/h5-15H,3-4,16H2,1-2H3,(H2,27,29). The van der Waals surface area contributed by atoms with Gasteiger partial charge >= 0.3 is 5.97 Å². The van der Waals surface area contributed by atoms with Crippen LogP contribution in [0.4, 0.5) is 0 Å². The van der Waals surface area contributed by atoms with Crippen LogP contribution in [-0.4, -0.2) is 30.9 Å². The van der Waals surface area contributed by atoms with Crippen molar-refractivity contribution in [3.05, 3.63) is 94.5 Å². The Bertz CT molecular complexity index is 1150. The first-order valence-electron chi connectivity index (χ1n) is 10.5. The van der Waals surface area contributed by atoms with E-state index >= 15 is 0 Å². The van der Waals surface area contributed by atoms with Crippen LogP contribution in [0.2, 0.25) is 0 Å². The molecule has 0 saturated heterocycles. The van der Waals surface area contributed by atoms with Gasteiger partial charge in [-0.2, -0.15) is 0 Å². The Morgan fingerprint density at radius 1 is 0.758 bits per heavy atom. The number of primary amides is 1. The largest absolute Gasteiger partial charge is 0.490 e. The molecule has 3 aromatic carbocycles. The molecule has 0 fully saturated rings. The van der Waals surface area contributed by atoms with E-state index in [0.29, 0.717) is 41.4 Å². The Labute approximate surface area is 192 Å². The first kappa shape index (κ1) is 23.5. The van der Waals surface area contributed by atoms with Crippen molar-refractivity contribution in [1.82, 2.24) is 0 Å². The summed E-state index contributed by atoms with van der Waals surface area (Å²) in [5, 5.41) is 0. The summed E-state index contributed by atoms with van der Waals surface area (Å²) in [6, 6.07) is 17.8. The number of carbonyl (C=O) groups is 3. The van der Waals surface area contributed by atoms with Gasteiger partial charge in [0.25, 0.3) is 0 Å². The van der Waals surface area contributed by atoms with Crippen LogP contribution in [0.15, 0.2) is 66.7 Å². The molecule has 3 aromatic rings. The maximum absolute atomic E-state index is 13.2. The summed E-state index contributed by atoms with van der Waals surface area (Å²) in [5.74, 6) is -0.491. The molecule has 0 aliphatic heterocycles. The smallest absolute Gasteiger partial charge is 0.339 e. The summed E-state index contributed by atoms with van der Waals surface area (Å²) in [7, 11) is 0. The third kappa shape index (κ3) is 5.77. The SMILES string of the molecule is CCOc1ccc(C(=O)c2ccccc2C(=O)OCc2ccc(C(N)=O)cc2)cc1OCC. The molecule has 0 atom stereocenters. The fourth-order valence-corrected chi connectivity index (χ4v) is 3.20. The molecule has 7 nitrogen and oxygen atoms in total. The average Bonchev–Trinajstić information content (AvgIpc) is 2.83. The van der Waals surface area contributed by atoms with Gasteiger partial charge in [-0.3, -0.25) is 9.59 Å². The molecule has 3 rings (SSSR count). The second-order valence-corrected chi connectivity index (χ2v) is 7.04. The van der Waals surface area contributed by atoms with Crippen LogP contribution in [0.3, 0.4) is 0 Å². The molecule has 0 heterocycles. The lowest BCUT2D eigenvalue weighted by Crippen LogP contribution is -2.13. The van der Waals surface area contributed by atoms with Gasteiger partial charge in [-0.1, -0.05) is 30.3 Å². The zero-order chi connectivity index (χ0) is 23.8. The predicted octanol–water partition coefficient (Wildman–Crippen LogP) is 4.17. The van der Waals surface area contributed by atoms with Crippen LogP contribution >= 0.6 is 0 Å². The normalized spacial score (nSPS) is 10.4. The molecule has 0 aromatic heterocycles. The monoisotopic (exact) mass is 447 g/mol. The molecule has 0 aliphatic rings. The van der Waals surface area contributed by atoms with Gasteiger partial charge in [0, 0.05) is 16.7 Å². The van der Waals surface area contributed by atoms with E-state index in [2.05, 4.69) is 0 Å². The maximum atomic E-state index is 13.2. The Hall–Kier alpha value is -4.13. The molecule has 0 aliphatic carbocycles. The lowest BCUT2D eigenvalue weighted by molar-refractivity contribution is 0.0470. The summed E-state index contributed by atoms with van der Waals surface area (Å²) < 4.78 is 16.6. The van der Waals surface area contributed by atoms with Gasteiger partial charge in [0.15, 0.2) is 17.3 Å². The highest BCUT2D eigenvalue weighted by molar-refractivity contribution is 6.14. The molecule has 2 N–H and O–H groups in total. The average molecular weight is 447 g/mol. The second-order valence-electron chi connectivity index (χ2n) is 7.04. The van der Waals surface area contributed by atoms with E-state index in [0.717, 1.165) is 0 Å². The van der Waals surface area contributed by atoms with Crippen LogP contribution in [0.1, 0.15) is 56.0 Å². The topological polar surface area (TPSA) is 105 Å². The summed E-state index contributed by atoms with van der Waals surface area (Å²) in [4.78, 5) is 37.2. The molecule has 7 heteroatoms. The number of ether oxygens (including phenoxy) is 3. The van der Waals surface area contributed by atoms with E-state index in [-0.39, 0.29) is 23.5 Å². The number of hydrogen-bond donors (Lipinski definition) is 1. The van der Waals surface area contributed by atoms with Crippen LogP contribution in [0, 0.1) is 0 Å². The summed E-state index contributed by atoms with van der Waals surface area (Å²) in [5.41, 5.74) is 7.02. The molecule has 1 amide bonds. The fourth-order valence-electron chi connectivity index (χ4n) is 3.20. The first-order chi connectivity index (χ1) is 15.9. The predicted molar refractivity (Wildman–Crippen MR) is 123 cm³/mol. The van der Waals surface area contributed by atoms with Crippen LogP contribution in [0.25, 0.3) is 0 Å². The summed E-state index contributed by atoms with van der Waals surface area (Å²) >= 11 is 0. The number of amides is 1. The van der Waals surface area contributed by atoms with Gasteiger partial charge in [-0.05, 0) is 55.8 Å². The van der Waals surface area contributed by atoms with Gasteiger partial charge in [0.05, 0.1) is 18.8 Å². The summed E-state index contributed by atoms with van der Waals surface area (Å²) in [6.07, 6.45) is 0. The molecule has 0 radical (unpaired) electrons. The van der Waals surface area contributed by atoms with Crippen molar-refractivity contribution >= 4 is 17.7 Å². The number of nitrogens with two attached hydrogens (primary N) is 1. The minimum Gasteiger partial charge on any atom is -0.490 e. The minimum atomic E-state index is -0.631. The third-order valence-corrected chi connectivity index (χ3v) is 4.81. The highest BCUT2D eigenvalue weighted by Crippen LogP contribution is 2.30. The number of hydrogen-bond acceptors (Lipinski definition) is 6. The van der Waals surface area contributed by atoms with E-state index in [1.54, 1.807) is 66.7 Å². The quantitative estimate of drug-likeness (QED) is 0.369. The zero-order valence-electron chi connectivity index (χ0n) is 18.5. The van der Waals surface area contributed by atoms with E-state index in [1.807, 2.05) is 13.8 Å². The van der Waals surface area contributed by atoms with Gasteiger partial charge in [0.2, 0.25) is 5.91 Å². The Balaban J connectivity index is 1.80.